The Bertz CT molecular complexity index is 269. The van der Waals surface area contributed by atoms with Gasteiger partial charge in [-0.15, -0.1) is 11.3 Å². The molecular formula is C9H14N2OS. The molecule has 2 N–H and O–H groups in total. The molecule has 0 amide bonds. The molecule has 1 unspecified atom stereocenters. The molecule has 4 heteroatoms. The number of Topliss-reactive ketones (excluding diaryl/α,β-unsaturated/α-hetero) is 1. The summed E-state index contributed by atoms with van der Waals surface area (Å²) >= 11 is 1.54. The van der Waals surface area contributed by atoms with Gasteiger partial charge in [0.2, 0.25) is 0 Å². The van der Waals surface area contributed by atoms with E-state index >= 15 is 0 Å². The second kappa shape index (κ2) is 4.48. The number of rotatable bonds is 4. The minimum atomic E-state index is -0.375. The Kier molecular flexibility index (Phi) is 3.57. The van der Waals surface area contributed by atoms with Crippen LogP contribution in [0.5, 0.6) is 0 Å². The normalized spacial score (nSPS) is 13.2. The van der Waals surface area contributed by atoms with Crippen LogP contribution in [0.1, 0.15) is 18.7 Å². The van der Waals surface area contributed by atoms with Gasteiger partial charge < -0.3 is 5.73 Å². The van der Waals surface area contributed by atoms with Crippen LogP contribution in [0.3, 0.4) is 0 Å². The molecule has 1 heterocycles. The summed E-state index contributed by atoms with van der Waals surface area (Å²) in [5.74, 6) is 0.135. The Morgan fingerprint density at radius 1 is 1.69 bits per heavy atom. The number of thiazole rings is 1. The summed E-state index contributed by atoms with van der Waals surface area (Å²) in [6.07, 6.45) is 2.37. The van der Waals surface area contributed by atoms with Gasteiger partial charge in [-0.3, -0.25) is 9.78 Å². The van der Waals surface area contributed by atoms with Crippen LogP contribution < -0.4 is 5.73 Å². The van der Waals surface area contributed by atoms with Gasteiger partial charge in [0, 0.05) is 23.4 Å². The zero-order valence-electron chi connectivity index (χ0n) is 7.86. The van der Waals surface area contributed by atoms with Gasteiger partial charge in [0.05, 0.1) is 11.6 Å². The molecular weight excluding hydrogens is 184 g/mol. The first-order valence-corrected chi connectivity index (χ1v) is 5.16. The molecule has 1 atom stereocenters. The Morgan fingerprint density at radius 2 is 2.38 bits per heavy atom. The van der Waals surface area contributed by atoms with Gasteiger partial charge in [0.15, 0.2) is 5.78 Å². The number of ketones is 1. The summed E-state index contributed by atoms with van der Waals surface area (Å²) in [7, 11) is 0. The van der Waals surface area contributed by atoms with Crippen molar-refractivity contribution in [3.8, 4) is 0 Å². The van der Waals surface area contributed by atoms with Crippen LogP contribution >= 0.6 is 11.3 Å². The van der Waals surface area contributed by atoms with Gasteiger partial charge in [0.25, 0.3) is 0 Å². The van der Waals surface area contributed by atoms with Crippen LogP contribution in [-0.2, 0) is 11.2 Å². The Hall–Kier alpha value is -0.740. The molecule has 0 aliphatic heterocycles. The number of carbonyl (C=O) groups excluding carboxylic acids is 1. The first kappa shape index (κ1) is 10.3. The third-order valence-corrected chi connectivity index (χ3v) is 2.64. The van der Waals surface area contributed by atoms with E-state index in [1.807, 2.05) is 13.8 Å². The number of hydrogen-bond acceptors (Lipinski definition) is 4. The van der Waals surface area contributed by atoms with Gasteiger partial charge in [-0.1, -0.05) is 13.8 Å². The van der Waals surface area contributed by atoms with Crippen LogP contribution in [0, 0.1) is 5.92 Å². The van der Waals surface area contributed by atoms with Crippen molar-refractivity contribution < 1.29 is 4.79 Å². The van der Waals surface area contributed by atoms with E-state index in [2.05, 4.69) is 4.98 Å². The largest absolute Gasteiger partial charge is 0.321 e. The maximum absolute atomic E-state index is 11.4. The first-order valence-electron chi connectivity index (χ1n) is 4.28. The molecule has 0 saturated heterocycles. The molecule has 1 rings (SSSR count). The minimum absolute atomic E-state index is 0.0166. The smallest absolute Gasteiger partial charge is 0.152 e. The van der Waals surface area contributed by atoms with Crippen molar-refractivity contribution in [1.29, 1.82) is 0 Å². The van der Waals surface area contributed by atoms with E-state index in [1.165, 1.54) is 11.3 Å². The van der Waals surface area contributed by atoms with Crippen molar-refractivity contribution in [2.75, 3.05) is 0 Å². The lowest BCUT2D eigenvalue weighted by molar-refractivity contribution is -0.123. The van der Waals surface area contributed by atoms with Gasteiger partial charge >= 0.3 is 0 Å². The quantitative estimate of drug-likeness (QED) is 0.792. The molecule has 13 heavy (non-hydrogen) atoms. The molecule has 0 radical (unpaired) electrons. The fraction of sp³-hybridized carbons (Fsp3) is 0.556. The number of nitrogens with two attached hydrogens (primary N) is 1. The fourth-order valence-electron chi connectivity index (χ4n) is 1.09. The molecule has 0 bridgehead atoms. The zero-order valence-corrected chi connectivity index (χ0v) is 8.67. The SMILES string of the molecule is CC(C)C(=O)C(N)Cc1cncs1. The molecule has 72 valence electrons. The number of hydrogen-bond donors (Lipinski definition) is 1. The predicted molar refractivity (Wildman–Crippen MR) is 53.6 cm³/mol. The van der Waals surface area contributed by atoms with Crippen LogP contribution in [0.25, 0.3) is 0 Å². The number of nitrogens with zero attached hydrogens (tertiary/aromatic N) is 1. The Morgan fingerprint density at radius 3 is 2.85 bits per heavy atom. The van der Waals surface area contributed by atoms with Crippen LogP contribution in [0.15, 0.2) is 11.7 Å². The second-order valence-corrected chi connectivity index (χ2v) is 4.31. The highest BCUT2D eigenvalue weighted by Gasteiger charge is 2.17. The molecule has 0 saturated carbocycles. The number of aromatic nitrogens is 1. The molecule has 1 aromatic heterocycles. The highest BCUT2D eigenvalue weighted by atomic mass is 32.1. The maximum atomic E-state index is 11.4. The Balaban J connectivity index is 2.51. The molecule has 1 aromatic rings. The molecule has 3 nitrogen and oxygen atoms in total. The molecule has 0 aromatic carbocycles. The highest BCUT2D eigenvalue weighted by molar-refractivity contribution is 7.09. The standard InChI is InChI=1S/C9H14N2OS/c1-6(2)9(12)8(10)3-7-4-11-5-13-7/h4-6,8H,3,10H2,1-2H3. The predicted octanol–water partition coefficient (Wildman–Crippen LogP) is 1.24. The van der Waals surface area contributed by atoms with E-state index in [4.69, 9.17) is 5.73 Å². The zero-order chi connectivity index (χ0) is 9.84. The summed E-state index contributed by atoms with van der Waals surface area (Å²) < 4.78 is 0. The van der Waals surface area contributed by atoms with E-state index in [0.29, 0.717) is 6.42 Å². The lowest BCUT2D eigenvalue weighted by atomic mass is 10.00. The van der Waals surface area contributed by atoms with Crippen molar-refractivity contribution in [2.24, 2.45) is 11.7 Å². The lowest BCUT2D eigenvalue weighted by Crippen LogP contribution is -2.35. The summed E-state index contributed by atoms with van der Waals surface area (Å²) in [6.45, 7) is 3.74. The van der Waals surface area contributed by atoms with Crippen LogP contribution in [0.2, 0.25) is 0 Å². The molecule has 0 aliphatic carbocycles. The van der Waals surface area contributed by atoms with Gasteiger partial charge in [0.1, 0.15) is 0 Å². The molecule has 0 fully saturated rings. The first-order chi connectivity index (χ1) is 6.11. The minimum Gasteiger partial charge on any atom is -0.321 e. The van der Waals surface area contributed by atoms with Gasteiger partial charge in [-0.25, -0.2) is 0 Å². The van der Waals surface area contributed by atoms with Gasteiger partial charge in [-0.05, 0) is 0 Å². The molecule has 0 spiro atoms. The van der Waals surface area contributed by atoms with E-state index in [1.54, 1.807) is 11.7 Å². The van der Waals surface area contributed by atoms with Crippen molar-refractivity contribution in [2.45, 2.75) is 26.3 Å². The van der Waals surface area contributed by atoms with Crippen molar-refractivity contribution in [3.05, 3.63) is 16.6 Å². The van der Waals surface area contributed by atoms with Crippen molar-refractivity contribution >= 4 is 17.1 Å². The van der Waals surface area contributed by atoms with E-state index in [-0.39, 0.29) is 17.7 Å². The van der Waals surface area contributed by atoms with E-state index in [0.717, 1.165) is 4.88 Å². The summed E-state index contributed by atoms with van der Waals surface area (Å²) in [5, 5.41) is 0. The average Bonchev–Trinajstić information content (AvgIpc) is 2.55. The average molecular weight is 198 g/mol. The van der Waals surface area contributed by atoms with Crippen molar-refractivity contribution in [1.82, 2.24) is 4.98 Å². The van der Waals surface area contributed by atoms with Crippen LogP contribution in [0.4, 0.5) is 0 Å². The van der Waals surface area contributed by atoms with Crippen molar-refractivity contribution in [3.63, 3.8) is 0 Å². The molecule has 0 aliphatic rings. The summed E-state index contributed by atoms with van der Waals surface area (Å²) in [5.41, 5.74) is 7.49. The van der Waals surface area contributed by atoms with Crippen LogP contribution in [-0.4, -0.2) is 16.8 Å². The highest BCUT2D eigenvalue weighted by Crippen LogP contribution is 2.10. The monoisotopic (exact) mass is 198 g/mol. The summed E-state index contributed by atoms with van der Waals surface area (Å²) in [6, 6.07) is -0.375. The van der Waals surface area contributed by atoms with E-state index < -0.39 is 0 Å². The third kappa shape index (κ3) is 2.90. The number of carbonyl (C=O) groups is 1. The fourth-order valence-corrected chi connectivity index (χ4v) is 1.74. The van der Waals surface area contributed by atoms with E-state index in [9.17, 15) is 4.79 Å². The topological polar surface area (TPSA) is 56.0 Å². The summed E-state index contributed by atoms with van der Waals surface area (Å²) in [4.78, 5) is 16.4. The third-order valence-electron chi connectivity index (χ3n) is 1.84. The van der Waals surface area contributed by atoms with Gasteiger partial charge in [-0.2, -0.15) is 0 Å². The maximum Gasteiger partial charge on any atom is 0.152 e. The second-order valence-electron chi connectivity index (χ2n) is 3.34. The lowest BCUT2D eigenvalue weighted by Gasteiger charge is -2.11. The Labute approximate surface area is 82.0 Å².